The summed E-state index contributed by atoms with van der Waals surface area (Å²) in [6.45, 7) is 1.77. The molecule has 0 saturated heterocycles. The Balaban J connectivity index is 1.55. The number of sulfonamides is 1. The molecule has 0 bridgehead atoms. The van der Waals surface area contributed by atoms with Gasteiger partial charge in [-0.05, 0) is 49.4 Å². The number of aromatic nitrogens is 2. The minimum atomic E-state index is -3.97. The van der Waals surface area contributed by atoms with E-state index in [1.807, 2.05) is 10.8 Å². The lowest BCUT2D eigenvalue weighted by atomic mass is 10.1. The zero-order valence-electron chi connectivity index (χ0n) is 17.5. The number of hydrogen-bond donors (Lipinski definition) is 4. The first kappa shape index (κ1) is 22.8. The van der Waals surface area contributed by atoms with E-state index in [4.69, 9.17) is 0 Å². The second-order valence-electron chi connectivity index (χ2n) is 7.03. The maximum atomic E-state index is 13.0. The minimum absolute atomic E-state index is 0.0451. The summed E-state index contributed by atoms with van der Waals surface area (Å²) < 4.78 is 27.9. The number of anilines is 2. The van der Waals surface area contributed by atoms with Gasteiger partial charge in [-0.3, -0.25) is 9.36 Å². The Labute approximate surface area is 199 Å². The third kappa shape index (κ3) is 4.72. The van der Waals surface area contributed by atoms with Crippen LogP contribution >= 0.6 is 24.0 Å². The number of thiophene rings is 1. The van der Waals surface area contributed by atoms with Crippen LogP contribution in [-0.4, -0.2) is 31.0 Å². The standard InChI is InChI=1S/C21H19N5O4S3/c1-12-3-8-19(32-12)33(29,30)25-21(28)24-14-5-7-18(23-10-14)26-11-17(31)16-9-13(22-2)4-6-15(16)20(26)27/h3-11,22,31H,1-2H3,(H2,24,25,28). The number of urea groups is 1. The van der Waals surface area contributed by atoms with E-state index < -0.39 is 16.1 Å². The largest absolute Gasteiger partial charge is 0.388 e. The Morgan fingerprint density at radius 1 is 1.09 bits per heavy atom. The Morgan fingerprint density at radius 3 is 2.48 bits per heavy atom. The van der Waals surface area contributed by atoms with Crippen molar-refractivity contribution >= 4 is 62.2 Å². The van der Waals surface area contributed by atoms with Crippen molar-refractivity contribution in [1.82, 2.24) is 14.3 Å². The Hall–Kier alpha value is -3.35. The smallest absolute Gasteiger partial charge is 0.333 e. The van der Waals surface area contributed by atoms with E-state index in [2.05, 4.69) is 28.2 Å². The van der Waals surface area contributed by atoms with E-state index in [9.17, 15) is 18.0 Å². The number of amides is 2. The number of nitrogens with one attached hydrogen (secondary N) is 3. The molecule has 1 aromatic carbocycles. The molecular formula is C21H19N5O4S3. The number of carbonyl (C=O) groups is 1. The van der Waals surface area contributed by atoms with Gasteiger partial charge in [0.05, 0.1) is 11.9 Å². The van der Waals surface area contributed by atoms with Gasteiger partial charge in [0, 0.05) is 39.5 Å². The van der Waals surface area contributed by atoms with Crippen LogP contribution in [0.5, 0.6) is 0 Å². The molecule has 3 aromatic heterocycles. The molecule has 9 nitrogen and oxygen atoms in total. The first-order chi connectivity index (χ1) is 15.7. The lowest BCUT2D eigenvalue weighted by Gasteiger charge is -2.11. The molecule has 0 spiro atoms. The van der Waals surface area contributed by atoms with E-state index in [0.29, 0.717) is 21.5 Å². The Bertz CT molecular complexity index is 1530. The van der Waals surface area contributed by atoms with Crippen molar-refractivity contribution < 1.29 is 13.2 Å². The first-order valence-corrected chi connectivity index (χ1v) is 12.4. The maximum Gasteiger partial charge on any atom is 0.333 e. The van der Waals surface area contributed by atoms with Gasteiger partial charge in [0.1, 0.15) is 10.0 Å². The predicted octanol–water partition coefficient (Wildman–Crippen LogP) is 3.60. The SMILES string of the molecule is CNc1ccc2c(=O)n(-c3ccc(NC(=O)NS(=O)(=O)c4ccc(C)s4)cn3)cc(S)c2c1. The highest BCUT2D eigenvalue weighted by atomic mass is 32.2. The molecule has 12 heteroatoms. The van der Waals surface area contributed by atoms with E-state index in [0.717, 1.165) is 21.9 Å². The number of pyridine rings is 2. The van der Waals surface area contributed by atoms with Crippen molar-refractivity contribution in [3.63, 3.8) is 0 Å². The van der Waals surface area contributed by atoms with Crippen LogP contribution in [0.15, 0.2) is 68.8 Å². The highest BCUT2D eigenvalue weighted by Gasteiger charge is 2.19. The van der Waals surface area contributed by atoms with Gasteiger partial charge in [0.2, 0.25) is 0 Å². The van der Waals surface area contributed by atoms with Crippen LogP contribution in [0.2, 0.25) is 0 Å². The van der Waals surface area contributed by atoms with Gasteiger partial charge in [-0.15, -0.1) is 24.0 Å². The summed E-state index contributed by atoms with van der Waals surface area (Å²) in [7, 11) is -2.18. The van der Waals surface area contributed by atoms with Gasteiger partial charge in [0.15, 0.2) is 0 Å². The van der Waals surface area contributed by atoms with Crippen molar-refractivity contribution in [3.8, 4) is 5.82 Å². The molecule has 3 N–H and O–H groups in total. The molecule has 4 rings (SSSR count). The van der Waals surface area contributed by atoms with Gasteiger partial charge in [-0.25, -0.2) is 22.9 Å². The number of hydrogen-bond acceptors (Lipinski definition) is 8. The van der Waals surface area contributed by atoms with Crippen molar-refractivity contribution in [2.75, 3.05) is 17.7 Å². The summed E-state index contributed by atoms with van der Waals surface area (Å²) in [5.74, 6) is 0.322. The predicted molar refractivity (Wildman–Crippen MR) is 133 cm³/mol. The molecule has 0 atom stereocenters. The van der Waals surface area contributed by atoms with Gasteiger partial charge < -0.3 is 10.6 Å². The number of benzene rings is 1. The van der Waals surface area contributed by atoms with Crippen LogP contribution in [0.3, 0.4) is 0 Å². The number of aryl methyl sites for hydroxylation is 1. The first-order valence-electron chi connectivity index (χ1n) is 9.61. The molecular weight excluding hydrogens is 482 g/mol. The summed E-state index contributed by atoms with van der Waals surface area (Å²) in [5.41, 5.74) is 0.846. The fourth-order valence-electron chi connectivity index (χ4n) is 3.14. The van der Waals surface area contributed by atoms with Gasteiger partial charge in [-0.1, -0.05) is 0 Å². The average molecular weight is 502 g/mol. The number of nitrogens with zero attached hydrogens (tertiary/aromatic N) is 2. The maximum absolute atomic E-state index is 13.0. The molecule has 0 unspecified atom stereocenters. The summed E-state index contributed by atoms with van der Waals surface area (Å²) in [6, 6.07) is 10.6. The normalized spacial score (nSPS) is 11.4. The molecule has 0 radical (unpaired) electrons. The molecule has 4 aromatic rings. The molecule has 0 saturated carbocycles. The lowest BCUT2D eigenvalue weighted by molar-refractivity contribution is 0.256. The average Bonchev–Trinajstić information content (AvgIpc) is 3.23. The zero-order chi connectivity index (χ0) is 23.8. The quantitative estimate of drug-likeness (QED) is 0.310. The molecule has 33 heavy (non-hydrogen) atoms. The van der Waals surface area contributed by atoms with Gasteiger partial charge >= 0.3 is 6.03 Å². The van der Waals surface area contributed by atoms with Crippen LogP contribution in [0.4, 0.5) is 16.2 Å². The second-order valence-corrected chi connectivity index (χ2v) is 10.7. The summed E-state index contributed by atoms with van der Waals surface area (Å²) in [5, 5.41) is 6.65. The van der Waals surface area contributed by atoms with Crippen molar-refractivity contribution in [2.24, 2.45) is 0 Å². The van der Waals surface area contributed by atoms with Crippen LogP contribution in [0, 0.1) is 6.92 Å². The van der Waals surface area contributed by atoms with Crippen molar-refractivity contribution in [3.05, 3.63) is 70.1 Å². The van der Waals surface area contributed by atoms with Crippen LogP contribution in [-0.2, 0) is 10.0 Å². The molecule has 0 aliphatic rings. The molecule has 3 heterocycles. The lowest BCUT2D eigenvalue weighted by Crippen LogP contribution is -2.34. The van der Waals surface area contributed by atoms with Crippen molar-refractivity contribution in [2.45, 2.75) is 16.0 Å². The van der Waals surface area contributed by atoms with Crippen LogP contribution in [0.25, 0.3) is 16.6 Å². The summed E-state index contributed by atoms with van der Waals surface area (Å²) in [6.07, 6.45) is 2.90. The molecule has 0 aliphatic carbocycles. The van der Waals surface area contributed by atoms with Crippen molar-refractivity contribution in [1.29, 1.82) is 0 Å². The minimum Gasteiger partial charge on any atom is -0.388 e. The number of thiol groups is 1. The topological polar surface area (TPSA) is 122 Å². The third-order valence-electron chi connectivity index (χ3n) is 4.74. The fraction of sp³-hybridized carbons (Fsp3) is 0.0952. The second kappa shape index (κ2) is 8.89. The highest BCUT2D eigenvalue weighted by Crippen LogP contribution is 2.24. The van der Waals surface area contributed by atoms with Crippen LogP contribution in [0.1, 0.15) is 4.88 Å². The Morgan fingerprint density at radius 2 is 1.85 bits per heavy atom. The number of carbonyl (C=O) groups excluding carboxylic acids is 1. The Kier molecular flexibility index (Phi) is 6.15. The van der Waals surface area contributed by atoms with E-state index in [1.54, 1.807) is 38.4 Å². The fourth-order valence-corrected chi connectivity index (χ4v) is 5.63. The molecule has 0 aliphatic heterocycles. The van der Waals surface area contributed by atoms with Gasteiger partial charge in [-0.2, -0.15) is 0 Å². The molecule has 170 valence electrons. The highest BCUT2D eigenvalue weighted by molar-refractivity contribution is 7.92. The zero-order valence-corrected chi connectivity index (χ0v) is 20.0. The third-order valence-corrected chi connectivity index (χ3v) is 7.92. The van der Waals surface area contributed by atoms with E-state index in [-0.39, 0.29) is 15.5 Å². The summed E-state index contributed by atoms with van der Waals surface area (Å²) >= 11 is 5.57. The van der Waals surface area contributed by atoms with Gasteiger partial charge in [0.25, 0.3) is 15.6 Å². The van der Waals surface area contributed by atoms with E-state index in [1.165, 1.54) is 29.0 Å². The molecule has 2 amide bonds. The van der Waals surface area contributed by atoms with E-state index >= 15 is 0 Å². The summed E-state index contributed by atoms with van der Waals surface area (Å²) in [4.78, 5) is 30.8. The number of fused-ring (bicyclic) bond motifs is 1. The molecule has 0 fully saturated rings. The number of rotatable bonds is 5. The monoisotopic (exact) mass is 501 g/mol. The van der Waals surface area contributed by atoms with Crippen LogP contribution < -0.4 is 20.9 Å².